The van der Waals surface area contributed by atoms with Gasteiger partial charge in [-0.2, -0.15) is 10.5 Å². The first kappa shape index (κ1) is 30.0. The quantitative estimate of drug-likeness (QED) is 0.371. The van der Waals surface area contributed by atoms with E-state index in [1.54, 1.807) is 18.2 Å². The van der Waals surface area contributed by atoms with Crippen molar-refractivity contribution in [3.8, 4) is 12.1 Å². The molecule has 5 aliphatic heterocycles. The molecule has 0 atom stereocenters. The molecule has 10 nitrogen and oxygen atoms in total. The number of hydrogen-bond donors (Lipinski definition) is 0. The molecule has 0 aromatic heterocycles. The minimum absolute atomic E-state index is 0.155. The normalized spacial score (nSPS) is 19.0. The van der Waals surface area contributed by atoms with Crippen LogP contribution in [0, 0.1) is 22.7 Å². The molecule has 0 saturated carbocycles. The molecule has 44 heavy (non-hydrogen) atoms. The van der Waals surface area contributed by atoms with E-state index in [0.29, 0.717) is 80.8 Å². The maximum atomic E-state index is 12.1. The van der Waals surface area contributed by atoms with Crippen LogP contribution in [0.25, 0.3) is 0 Å². The van der Waals surface area contributed by atoms with Crippen LogP contribution in [0.3, 0.4) is 0 Å². The van der Waals surface area contributed by atoms with Crippen LogP contribution in [0.2, 0.25) is 0 Å². The van der Waals surface area contributed by atoms with Crippen LogP contribution in [-0.4, -0.2) is 49.0 Å². The van der Waals surface area contributed by atoms with Crippen LogP contribution in [0.15, 0.2) is 112 Å². The van der Waals surface area contributed by atoms with Crippen molar-refractivity contribution in [1.29, 1.82) is 10.5 Å². The molecule has 5 heterocycles. The molecule has 5 aliphatic rings. The number of carbonyl (C=O) groups excluding carboxylic acids is 2. The molecule has 0 radical (unpaired) electrons. The van der Waals surface area contributed by atoms with Crippen molar-refractivity contribution >= 4 is 34.8 Å². The van der Waals surface area contributed by atoms with Gasteiger partial charge in [-0.05, 0) is 98.3 Å². The van der Waals surface area contributed by atoms with Gasteiger partial charge in [0.25, 0.3) is 0 Å². The van der Waals surface area contributed by atoms with Crippen molar-refractivity contribution in [2.75, 3.05) is 14.2 Å². The first-order valence-electron chi connectivity index (χ1n) is 14.1. The molecule has 0 fully saturated rings. The zero-order valence-electron chi connectivity index (χ0n) is 25.5. The fraction of sp³-hybridized carbons (Fsp3) is 0.294. The summed E-state index contributed by atoms with van der Waals surface area (Å²) in [5.41, 5.74) is 10.2. The Bertz CT molecular complexity index is 1900. The van der Waals surface area contributed by atoms with Crippen molar-refractivity contribution in [1.82, 2.24) is 0 Å². The fourth-order valence-electron chi connectivity index (χ4n) is 5.53. The minimum atomic E-state index is -0.344. The van der Waals surface area contributed by atoms with Crippen LogP contribution >= 0.6 is 0 Å². The van der Waals surface area contributed by atoms with Crippen molar-refractivity contribution in [3.63, 3.8) is 0 Å². The standard InChI is InChI=1S/C34H30N6O4/c1-17-21(7-9-33(41)43-5)29-14-30-22(8-10-34(42)44-6)18(2)28(38-30)13-32-24(16-36)20(4)26(40-32)11-25-19(3)23(15-35)31(39-25)12-27(17)37-29/h11-14H,7-10H2,1-6H3. The Balaban J connectivity index is 1.76. The highest BCUT2D eigenvalue weighted by Gasteiger charge is 2.29. The Hall–Kier alpha value is -5.48. The number of allylic oxidation sites excluding steroid dienone is 12. The highest BCUT2D eigenvalue weighted by molar-refractivity contribution is 6.21. The molecule has 0 amide bonds. The molecule has 5 rings (SSSR count). The Kier molecular flexibility index (Phi) is 8.19. The fourth-order valence-corrected chi connectivity index (χ4v) is 5.53. The van der Waals surface area contributed by atoms with E-state index < -0.39 is 0 Å². The largest absolute Gasteiger partial charge is 0.469 e. The van der Waals surface area contributed by atoms with Crippen LogP contribution in [0.5, 0.6) is 0 Å². The van der Waals surface area contributed by atoms with Gasteiger partial charge < -0.3 is 9.47 Å². The second-order valence-corrected chi connectivity index (χ2v) is 10.7. The topological polar surface area (TPSA) is 150 Å². The van der Waals surface area contributed by atoms with Crippen LogP contribution in [0.1, 0.15) is 53.4 Å². The van der Waals surface area contributed by atoms with E-state index >= 15 is 0 Å². The molecule has 0 aliphatic carbocycles. The summed E-state index contributed by atoms with van der Waals surface area (Å²) in [6.07, 6.45) is 8.27. The molecule has 0 aromatic rings. The van der Waals surface area contributed by atoms with Crippen LogP contribution < -0.4 is 0 Å². The summed E-state index contributed by atoms with van der Waals surface area (Å²) in [5, 5.41) is 20.1. The van der Waals surface area contributed by atoms with Gasteiger partial charge in [0, 0.05) is 12.8 Å². The Morgan fingerprint density at radius 3 is 1.70 bits per heavy atom. The number of rotatable bonds is 6. The smallest absolute Gasteiger partial charge is 0.305 e. The van der Waals surface area contributed by atoms with Gasteiger partial charge in [0.1, 0.15) is 12.1 Å². The number of nitrogens with zero attached hydrogens (tertiary/aromatic N) is 6. The van der Waals surface area contributed by atoms with E-state index in [-0.39, 0.29) is 24.8 Å². The van der Waals surface area contributed by atoms with Gasteiger partial charge in [-0.25, -0.2) is 20.0 Å². The third-order valence-electron chi connectivity index (χ3n) is 8.22. The summed E-state index contributed by atoms with van der Waals surface area (Å²) < 4.78 is 9.78. The lowest BCUT2D eigenvalue weighted by Gasteiger charge is -2.08. The molecular weight excluding hydrogens is 556 g/mol. The summed E-state index contributed by atoms with van der Waals surface area (Å²) in [4.78, 5) is 43.6. The molecule has 220 valence electrons. The molecule has 0 saturated heterocycles. The average molecular weight is 587 g/mol. The van der Waals surface area contributed by atoms with Crippen LogP contribution in [-0.2, 0) is 19.1 Å². The van der Waals surface area contributed by atoms with Gasteiger partial charge >= 0.3 is 11.9 Å². The predicted molar refractivity (Wildman–Crippen MR) is 167 cm³/mol. The van der Waals surface area contributed by atoms with Crippen molar-refractivity contribution in [3.05, 3.63) is 91.7 Å². The van der Waals surface area contributed by atoms with E-state index in [1.807, 2.05) is 33.8 Å². The molecular formula is C34H30N6O4. The zero-order chi connectivity index (χ0) is 31.7. The maximum Gasteiger partial charge on any atom is 0.305 e. The number of hydrogen-bond acceptors (Lipinski definition) is 10. The number of carbonyl (C=O) groups is 2. The van der Waals surface area contributed by atoms with Gasteiger partial charge in [-0.3, -0.25) is 9.59 Å². The summed E-state index contributed by atoms with van der Waals surface area (Å²) in [5.74, 6) is -0.688. The number of fused-ring (bicyclic) bond motifs is 4. The van der Waals surface area contributed by atoms with Gasteiger partial charge in [0.05, 0.1) is 71.0 Å². The van der Waals surface area contributed by atoms with Gasteiger partial charge in [-0.1, -0.05) is 0 Å². The molecule has 0 unspecified atom stereocenters. The van der Waals surface area contributed by atoms with E-state index in [2.05, 4.69) is 12.1 Å². The first-order valence-corrected chi connectivity index (χ1v) is 14.1. The van der Waals surface area contributed by atoms with Crippen molar-refractivity contribution < 1.29 is 19.1 Å². The number of aliphatic imine (C=N–C) groups is 4. The third-order valence-corrected chi connectivity index (χ3v) is 8.22. The van der Waals surface area contributed by atoms with E-state index in [9.17, 15) is 20.1 Å². The zero-order valence-corrected chi connectivity index (χ0v) is 25.5. The summed E-state index contributed by atoms with van der Waals surface area (Å²) in [6.45, 7) is 7.52. The summed E-state index contributed by atoms with van der Waals surface area (Å²) >= 11 is 0. The van der Waals surface area contributed by atoms with Gasteiger partial charge in [0.15, 0.2) is 0 Å². The number of esters is 2. The monoisotopic (exact) mass is 586 g/mol. The summed E-state index contributed by atoms with van der Waals surface area (Å²) in [6, 6.07) is 4.54. The number of ether oxygens (including phenoxy) is 2. The summed E-state index contributed by atoms with van der Waals surface area (Å²) in [7, 11) is 2.70. The van der Waals surface area contributed by atoms with Crippen molar-refractivity contribution in [2.45, 2.75) is 53.4 Å². The molecule has 8 bridgehead atoms. The minimum Gasteiger partial charge on any atom is -0.469 e. The average Bonchev–Trinajstić information content (AvgIpc) is 3.67. The maximum absolute atomic E-state index is 12.1. The lowest BCUT2D eigenvalue weighted by molar-refractivity contribution is -0.141. The molecule has 10 heteroatoms. The lowest BCUT2D eigenvalue weighted by Crippen LogP contribution is -2.05. The van der Waals surface area contributed by atoms with E-state index in [0.717, 1.165) is 22.3 Å². The SMILES string of the molecule is COC(=O)CCC1=C(C)C2=NC1=CC1=NC(=CC3=NC(=CC4=NC(=C2)C(C#N)=C4C)C(C)=C3C#N)C(C)=C1CCC(=O)OC. The third kappa shape index (κ3) is 5.38. The first-order chi connectivity index (χ1) is 21.1. The molecule has 0 N–H and O–H groups in total. The van der Waals surface area contributed by atoms with Crippen LogP contribution in [0.4, 0.5) is 0 Å². The Morgan fingerprint density at radius 1 is 0.591 bits per heavy atom. The predicted octanol–water partition coefficient (Wildman–Crippen LogP) is 5.57. The number of nitriles is 2. The lowest BCUT2D eigenvalue weighted by atomic mass is 9.96. The molecule has 0 spiro atoms. The van der Waals surface area contributed by atoms with E-state index in [1.165, 1.54) is 14.2 Å². The van der Waals surface area contributed by atoms with E-state index in [4.69, 9.17) is 29.4 Å². The number of methoxy groups -OCH3 is 2. The van der Waals surface area contributed by atoms with Gasteiger partial charge in [0.2, 0.25) is 0 Å². The second-order valence-electron chi connectivity index (χ2n) is 10.7. The Morgan fingerprint density at radius 2 is 1.07 bits per heavy atom. The van der Waals surface area contributed by atoms with Crippen molar-refractivity contribution in [2.24, 2.45) is 20.0 Å². The highest BCUT2D eigenvalue weighted by atomic mass is 16.5. The molecule has 0 aromatic carbocycles. The van der Waals surface area contributed by atoms with Gasteiger partial charge in [-0.15, -0.1) is 0 Å². The second kappa shape index (κ2) is 12.0. The highest BCUT2D eigenvalue weighted by Crippen LogP contribution is 2.37. The Labute approximate surface area is 255 Å².